The zero-order valence-corrected chi connectivity index (χ0v) is 23.8. The highest BCUT2D eigenvalue weighted by Crippen LogP contribution is 2.51. The summed E-state index contributed by atoms with van der Waals surface area (Å²) in [6, 6.07) is 10.8. The van der Waals surface area contributed by atoms with Crippen LogP contribution in [0.1, 0.15) is 46.5 Å². The van der Waals surface area contributed by atoms with Crippen molar-refractivity contribution in [2.75, 3.05) is 13.1 Å². The van der Waals surface area contributed by atoms with Gasteiger partial charge in [0.1, 0.15) is 11.9 Å². The molecule has 5 rings (SSSR count). The number of nitrogens with one attached hydrogen (secondary N) is 3. The van der Waals surface area contributed by atoms with E-state index in [0.717, 1.165) is 4.88 Å². The Hall–Kier alpha value is -4.23. The van der Waals surface area contributed by atoms with Gasteiger partial charge in [-0.25, -0.2) is 0 Å². The Morgan fingerprint density at radius 3 is 2.58 bits per heavy atom. The molecule has 3 atom stereocenters. The van der Waals surface area contributed by atoms with Crippen LogP contribution in [0.5, 0.6) is 0 Å². The van der Waals surface area contributed by atoms with E-state index < -0.39 is 42.5 Å². The number of ether oxygens (including phenoxy) is 1. The van der Waals surface area contributed by atoms with Crippen molar-refractivity contribution in [1.29, 1.82) is 5.41 Å². The van der Waals surface area contributed by atoms with Gasteiger partial charge in [-0.1, -0.05) is 43.0 Å². The molecule has 1 fully saturated rings. The lowest BCUT2D eigenvalue weighted by atomic mass is 10.0. The molecule has 5 N–H and O–H groups in total. The van der Waals surface area contributed by atoms with Crippen molar-refractivity contribution in [3.63, 3.8) is 0 Å². The van der Waals surface area contributed by atoms with Crippen LogP contribution in [0.25, 0.3) is 16.8 Å². The van der Waals surface area contributed by atoms with Gasteiger partial charge in [0.25, 0.3) is 5.92 Å². The molecule has 1 saturated heterocycles. The minimum absolute atomic E-state index is 0.0810. The minimum Gasteiger partial charge on any atom is -0.384 e. The minimum atomic E-state index is -3.13. The van der Waals surface area contributed by atoms with E-state index in [1.54, 1.807) is 42.6 Å². The molecule has 0 bridgehead atoms. The summed E-state index contributed by atoms with van der Waals surface area (Å²) in [5.74, 6) is -4.34. The Morgan fingerprint density at radius 2 is 1.88 bits per heavy atom. The van der Waals surface area contributed by atoms with E-state index in [4.69, 9.17) is 11.1 Å². The summed E-state index contributed by atoms with van der Waals surface area (Å²) in [7, 11) is 0. The summed E-state index contributed by atoms with van der Waals surface area (Å²) in [4.78, 5) is 28.4. The molecule has 8 nitrogen and oxygen atoms in total. The molecule has 13 heteroatoms. The van der Waals surface area contributed by atoms with Gasteiger partial charge >= 0.3 is 6.61 Å². The number of carbonyl (C=O) groups is 2. The first-order valence-corrected chi connectivity index (χ1v) is 14.3. The van der Waals surface area contributed by atoms with Crippen LogP contribution in [-0.4, -0.2) is 54.4 Å². The Bertz CT molecular complexity index is 1590. The highest BCUT2D eigenvalue weighted by atomic mass is 32.1. The number of nitrogens with two attached hydrogens (primary N) is 1. The summed E-state index contributed by atoms with van der Waals surface area (Å²) >= 11 is 1.30. The number of amides is 2. The number of benzene rings is 2. The lowest BCUT2D eigenvalue weighted by Crippen LogP contribution is -2.48. The molecule has 0 unspecified atom stereocenters. The number of nitrogen functional groups attached to an aromatic ring is 1. The quantitative estimate of drug-likeness (QED) is 0.148. The number of amidine groups is 1. The first-order chi connectivity index (χ1) is 20.4. The van der Waals surface area contributed by atoms with E-state index >= 15 is 0 Å². The number of fused-ring (bicyclic) bond motifs is 3. The average molecular weight is 616 g/mol. The predicted molar refractivity (Wildman–Crippen MR) is 155 cm³/mol. The van der Waals surface area contributed by atoms with Gasteiger partial charge in [0.05, 0.1) is 18.7 Å². The molecule has 2 heterocycles. The topological polar surface area (TPSA) is 121 Å². The largest absolute Gasteiger partial charge is 0.384 e. The Kier molecular flexibility index (Phi) is 8.30. The Labute approximate surface area is 249 Å². The molecule has 2 aliphatic rings. The number of nitrogens with zero attached hydrogens (tertiary/aromatic N) is 1. The lowest BCUT2D eigenvalue weighted by Gasteiger charge is -2.25. The summed E-state index contributed by atoms with van der Waals surface area (Å²) in [5.41, 5.74) is 7.39. The van der Waals surface area contributed by atoms with Crippen molar-refractivity contribution in [3.8, 4) is 11.1 Å². The fourth-order valence-electron chi connectivity index (χ4n) is 5.42. The van der Waals surface area contributed by atoms with E-state index in [2.05, 4.69) is 21.9 Å². The van der Waals surface area contributed by atoms with Crippen LogP contribution in [0.2, 0.25) is 0 Å². The maximum Gasteiger partial charge on any atom is 0.345 e. The van der Waals surface area contributed by atoms with Crippen molar-refractivity contribution >= 4 is 34.7 Å². The van der Waals surface area contributed by atoms with E-state index in [0.29, 0.717) is 22.3 Å². The maximum atomic E-state index is 14.9. The first-order valence-electron chi connectivity index (χ1n) is 13.4. The summed E-state index contributed by atoms with van der Waals surface area (Å²) in [6.07, 6.45) is -1.18. The van der Waals surface area contributed by atoms with Crippen LogP contribution in [0.4, 0.5) is 17.6 Å². The Morgan fingerprint density at radius 1 is 1.16 bits per heavy atom. The average Bonchev–Trinajstić information content (AvgIpc) is 3.68. The monoisotopic (exact) mass is 615 g/mol. The number of hydrogen-bond donors (Lipinski definition) is 4. The molecular weight excluding hydrogens is 586 g/mol. The third-order valence-corrected chi connectivity index (χ3v) is 8.73. The van der Waals surface area contributed by atoms with Gasteiger partial charge in [0, 0.05) is 45.6 Å². The van der Waals surface area contributed by atoms with Crippen molar-refractivity contribution in [2.24, 2.45) is 5.73 Å². The highest BCUT2D eigenvalue weighted by molar-refractivity contribution is 7.10. The van der Waals surface area contributed by atoms with Gasteiger partial charge in [0.2, 0.25) is 11.8 Å². The van der Waals surface area contributed by atoms with Gasteiger partial charge in [-0.2, -0.15) is 17.6 Å². The molecule has 2 aromatic carbocycles. The summed E-state index contributed by atoms with van der Waals surface area (Å²) in [5, 5.41) is 14.9. The van der Waals surface area contributed by atoms with Crippen LogP contribution in [0.3, 0.4) is 0 Å². The van der Waals surface area contributed by atoms with Crippen LogP contribution < -0.4 is 16.4 Å². The second-order valence-corrected chi connectivity index (χ2v) is 11.4. The summed E-state index contributed by atoms with van der Waals surface area (Å²) < 4.78 is 60.5. The molecule has 0 radical (unpaired) electrons. The lowest BCUT2D eigenvalue weighted by molar-refractivity contribution is -0.160. The zero-order valence-electron chi connectivity index (χ0n) is 23.0. The molecule has 0 spiro atoms. The Balaban J connectivity index is 1.27. The van der Waals surface area contributed by atoms with Crippen molar-refractivity contribution in [2.45, 2.75) is 44.1 Å². The fourth-order valence-corrected chi connectivity index (χ4v) is 6.34. The van der Waals surface area contributed by atoms with Gasteiger partial charge < -0.3 is 26.0 Å². The second-order valence-electron chi connectivity index (χ2n) is 10.4. The molecule has 2 amide bonds. The van der Waals surface area contributed by atoms with Gasteiger partial charge in [-0.3, -0.25) is 15.0 Å². The molecule has 1 aromatic heterocycles. The molecule has 226 valence electrons. The fraction of sp³-hybridized carbons (Fsp3) is 0.300. The van der Waals surface area contributed by atoms with Crippen molar-refractivity contribution < 1.29 is 31.9 Å². The smallest absolute Gasteiger partial charge is 0.345 e. The van der Waals surface area contributed by atoms with E-state index in [-0.39, 0.29) is 42.2 Å². The normalized spacial score (nSPS) is 19.1. The maximum absolute atomic E-state index is 14.9. The molecule has 43 heavy (non-hydrogen) atoms. The molecule has 1 aliphatic heterocycles. The number of likely N-dealkylation sites (tertiary alicyclic amines) is 1. The predicted octanol–water partition coefficient (Wildman–Crippen LogP) is 4.80. The second kappa shape index (κ2) is 11.8. The van der Waals surface area contributed by atoms with Crippen LogP contribution in [-0.2, 0) is 20.2 Å². The van der Waals surface area contributed by atoms with E-state index in [1.165, 1.54) is 34.4 Å². The highest BCUT2D eigenvalue weighted by Gasteiger charge is 2.44. The number of hydrogen-bond acceptors (Lipinski definition) is 6. The number of thiophene rings is 1. The van der Waals surface area contributed by atoms with Crippen molar-refractivity contribution in [3.05, 3.63) is 87.6 Å². The third-order valence-electron chi connectivity index (χ3n) is 7.61. The zero-order chi connectivity index (χ0) is 31.1. The van der Waals surface area contributed by atoms with Crippen molar-refractivity contribution in [1.82, 2.24) is 15.5 Å². The van der Waals surface area contributed by atoms with Crippen LogP contribution in [0.15, 0.2) is 60.5 Å². The van der Waals surface area contributed by atoms with Crippen LogP contribution in [0, 0.1) is 5.41 Å². The van der Waals surface area contributed by atoms with E-state index in [9.17, 15) is 27.2 Å². The third kappa shape index (κ3) is 6.00. The first kappa shape index (κ1) is 30.2. The van der Waals surface area contributed by atoms with Crippen LogP contribution >= 0.6 is 11.3 Å². The molecule has 0 saturated carbocycles. The van der Waals surface area contributed by atoms with Gasteiger partial charge in [-0.15, -0.1) is 11.3 Å². The number of halogens is 4. The molecular formula is C30H29F4N5O3S. The van der Waals surface area contributed by atoms with Gasteiger partial charge in [-0.05, 0) is 35.7 Å². The molecule has 1 aliphatic carbocycles. The number of alkyl halides is 4. The SMILES string of the molecule is C=C(NCC(=O)N1C[C@H](OC(F)F)C[C@H]1C(=O)N[C@H](C)c1cc(C(=N)N)cs1)c1ccc2c(c1)-c1ccccc1C2(F)F. The number of carbonyl (C=O) groups excluding carboxylic acids is 2. The van der Waals surface area contributed by atoms with E-state index in [1.807, 2.05) is 0 Å². The summed E-state index contributed by atoms with van der Waals surface area (Å²) in [6.45, 7) is 2.04. The standard InChI is InChI=1S/C30H29F4N5O3S/c1-15(17-7-8-23-21(9-17)20-5-3-4-6-22(20)30(23,33)34)37-12-26(40)39-13-19(42-29(31)32)11-24(39)28(41)38-16(2)25-10-18(14-43-25)27(35)36/h3-10,14,16,19,24,29,37H,1,11-13H2,2H3,(H3,35,36)(H,38,41)/t16-,19-,24+/m1/s1. The van der Waals surface area contributed by atoms with Gasteiger partial charge in [0.15, 0.2) is 0 Å². The number of rotatable bonds is 10. The molecule has 3 aromatic rings.